The van der Waals surface area contributed by atoms with Crippen LogP contribution in [0.2, 0.25) is 0 Å². The van der Waals surface area contributed by atoms with Gasteiger partial charge in [0, 0.05) is 16.9 Å². The molecule has 6 nitrogen and oxygen atoms in total. The standard InChI is InChI=1S/C20H27N5OS/c1-11-4-12(2)25-18(21-11)22-19(24-25)27-13(3)17(26)23-20-8-14-5-15(9-20)7-16(6-14)10-20/h4,13-16H,5-10H2,1-3H3,(H,23,26). The minimum absolute atomic E-state index is 0.0578. The predicted molar refractivity (Wildman–Crippen MR) is 105 cm³/mol. The molecule has 6 rings (SSSR count). The molecule has 1 unspecified atom stereocenters. The van der Waals surface area contributed by atoms with Crippen LogP contribution in [0, 0.1) is 31.6 Å². The number of aryl methyl sites for hydroxylation is 2. The van der Waals surface area contributed by atoms with E-state index in [-0.39, 0.29) is 16.7 Å². The van der Waals surface area contributed by atoms with E-state index in [9.17, 15) is 4.79 Å². The number of nitrogens with one attached hydrogen (secondary N) is 1. The van der Waals surface area contributed by atoms with Crippen molar-refractivity contribution < 1.29 is 4.79 Å². The summed E-state index contributed by atoms with van der Waals surface area (Å²) in [5, 5.41) is 8.39. The second-order valence-electron chi connectivity index (χ2n) is 9.09. The largest absolute Gasteiger partial charge is 0.350 e. The quantitative estimate of drug-likeness (QED) is 0.818. The van der Waals surface area contributed by atoms with Crippen molar-refractivity contribution in [3.8, 4) is 0 Å². The lowest BCUT2D eigenvalue weighted by Crippen LogP contribution is -2.60. The van der Waals surface area contributed by atoms with Crippen molar-refractivity contribution in [2.75, 3.05) is 0 Å². The number of thioether (sulfide) groups is 1. The van der Waals surface area contributed by atoms with Crippen LogP contribution in [0.5, 0.6) is 0 Å². The van der Waals surface area contributed by atoms with E-state index in [2.05, 4.69) is 20.4 Å². The highest BCUT2D eigenvalue weighted by molar-refractivity contribution is 8.00. The summed E-state index contributed by atoms with van der Waals surface area (Å²) in [7, 11) is 0. The maximum Gasteiger partial charge on any atom is 0.253 e. The highest BCUT2D eigenvalue weighted by Crippen LogP contribution is 2.55. The predicted octanol–water partition coefficient (Wildman–Crippen LogP) is 3.31. The van der Waals surface area contributed by atoms with E-state index in [0.29, 0.717) is 10.9 Å². The molecular weight excluding hydrogens is 358 g/mol. The van der Waals surface area contributed by atoms with Gasteiger partial charge in [0.2, 0.25) is 11.1 Å². The first-order chi connectivity index (χ1) is 12.9. The van der Waals surface area contributed by atoms with Crippen molar-refractivity contribution in [1.29, 1.82) is 0 Å². The molecule has 2 aromatic heterocycles. The average molecular weight is 386 g/mol. The molecule has 4 aliphatic rings. The van der Waals surface area contributed by atoms with E-state index in [1.807, 2.05) is 26.8 Å². The van der Waals surface area contributed by atoms with Gasteiger partial charge in [0.15, 0.2) is 0 Å². The van der Waals surface area contributed by atoms with Crippen molar-refractivity contribution in [3.05, 3.63) is 17.5 Å². The monoisotopic (exact) mass is 385 g/mol. The summed E-state index contributed by atoms with van der Waals surface area (Å²) in [5.74, 6) is 3.22. The van der Waals surface area contributed by atoms with Crippen LogP contribution < -0.4 is 5.32 Å². The number of rotatable bonds is 4. The summed E-state index contributed by atoms with van der Waals surface area (Å²) in [6, 6.07) is 1.99. The van der Waals surface area contributed by atoms with E-state index < -0.39 is 0 Å². The molecule has 144 valence electrons. The fraction of sp³-hybridized carbons (Fsp3) is 0.700. The van der Waals surface area contributed by atoms with Crippen LogP contribution >= 0.6 is 11.8 Å². The summed E-state index contributed by atoms with van der Waals surface area (Å²) in [5.41, 5.74) is 1.99. The number of carbonyl (C=O) groups is 1. The van der Waals surface area contributed by atoms with Gasteiger partial charge in [-0.2, -0.15) is 4.98 Å². The van der Waals surface area contributed by atoms with Crippen molar-refractivity contribution in [3.63, 3.8) is 0 Å². The highest BCUT2D eigenvalue weighted by Gasteiger charge is 2.51. The number of hydrogen-bond acceptors (Lipinski definition) is 5. The fourth-order valence-electron chi connectivity index (χ4n) is 6.04. The number of nitrogens with zero attached hydrogens (tertiary/aromatic N) is 4. The summed E-state index contributed by atoms with van der Waals surface area (Å²) in [4.78, 5) is 21.9. The number of carbonyl (C=O) groups excluding carboxylic acids is 1. The zero-order chi connectivity index (χ0) is 18.8. The minimum Gasteiger partial charge on any atom is -0.350 e. The Hall–Kier alpha value is -1.63. The molecule has 2 aromatic rings. The molecule has 0 aliphatic heterocycles. The van der Waals surface area contributed by atoms with E-state index >= 15 is 0 Å². The molecule has 0 saturated heterocycles. The number of amides is 1. The summed E-state index contributed by atoms with van der Waals surface area (Å²) in [6.45, 7) is 5.90. The van der Waals surface area contributed by atoms with Gasteiger partial charge in [0.25, 0.3) is 5.78 Å². The molecule has 2 heterocycles. The smallest absolute Gasteiger partial charge is 0.253 e. The van der Waals surface area contributed by atoms with Crippen LogP contribution in [0.3, 0.4) is 0 Å². The number of fused-ring (bicyclic) bond motifs is 1. The van der Waals surface area contributed by atoms with E-state index in [0.717, 1.165) is 29.1 Å². The van der Waals surface area contributed by atoms with Gasteiger partial charge in [0.1, 0.15) is 0 Å². The van der Waals surface area contributed by atoms with Gasteiger partial charge >= 0.3 is 0 Å². The Bertz CT molecular complexity index is 872. The molecule has 0 spiro atoms. The molecule has 7 heteroatoms. The highest BCUT2D eigenvalue weighted by atomic mass is 32.2. The molecule has 1 N–H and O–H groups in total. The Kier molecular flexibility index (Phi) is 4.00. The Balaban J connectivity index is 1.29. The zero-order valence-electron chi connectivity index (χ0n) is 16.2. The van der Waals surface area contributed by atoms with Crippen molar-refractivity contribution >= 4 is 23.4 Å². The number of hydrogen-bond donors (Lipinski definition) is 1. The third kappa shape index (κ3) is 3.13. The second-order valence-corrected chi connectivity index (χ2v) is 10.4. The third-order valence-corrected chi connectivity index (χ3v) is 7.63. The van der Waals surface area contributed by atoms with Crippen LogP contribution in [0.4, 0.5) is 0 Å². The van der Waals surface area contributed by atoms with E-state index in [1.54, 1.807) is 4.52 Å². The maximum atomic E-state index is 13.0. The SMILES string of the molecule is Cc1cc(C)n2nc(SC(C)C(=O)NC34CC5CC(CC(C5)C3)C4)nc2n1. The molecule has 1 atom stereocenters. The average Bonchev–Trinajstić information content (AvgIpc) is 2.95. The summed E-state index contributed by atoms with van der Waals surface area (Å²) >= 11 is 1.43. The van der Waals surface area contributed by atoms with Gasteiger partial charge in [-0.05, 0) is 83.1 Å². The lowest BCUT2D eigenvalue weighted by molar-refractivity contribution is -0.126. The van der Waals surface area contributed by atoms with Gasteiger partial charge in [-0.15, -0.1) is 5.10 Å². The van der Waals surface area contributed by atoms with Crippen molar-refractivity contribution in [2.24, 2.45) is 17.8 Å². The van der Waals surface area contributed by atoms with Gasteiger partial charge in [-0.1, -0.05) is 11.8 Å². The normalized spacial score (nSPS) is 32.8. The Morgan fingerprint density at radius 1 is 1.19 bits per heavy atom. The summed E-state index contributed by atoms with van der Waals surface area (Å²) in [6.07, 6.45) is 7.69. The first kappa shape index (κ1) is 17.5. The minimum atomic E-state index is -0.211. The third-order valence-electron chi connectivity index (χ3n) is 6.68. The van der Waals surface area contributed by atoms with Gasteiger partial charge in [-0.25, -0.2) is 9.50 Å². The number of aromatic nitrogens is 4. The maximum absolute atomic E-state index is 13.0. The van der Waals surface area contributed by atoms with Crippen molar-refractivity contribution in [1.82, 2.24) is 24.9 Å². The lowest BCUT2D eigenvalue weighted by Gasteiger charge is -2.57. The Morgan fingerprint density at radius 3 is 2.44 bits per heavy atom. The molecule has 4 saturated carbocycles. The Labute approximate surface area is 163 Å². The Morgan fingerprint density at radius 2 is 1.81 bits per heavy atom. The topological polar surface area (TPSA) is 72.2 Å². The van der Waals surface area contributed by atoms with Crippen LogP contribution in [0.25, 0.3) is 5.78 Å². The molecule has 4 aliphatic carbocycles. The van der Waals surface area contributed by atoms with Crippen LogP contribution in [-0.2, 0) is 4.79 Å². The van der Waals surface area contributed by atoms with Crippen LogP contribution in [-0.4, -0.2) is 36.3 Å². The molecular formula is C20H27N5OS. The molecule has 0 aromatic carbocycles. The first-order valence-electron chi connectivity index (χ1n) is 10.1. The molecule has 4 fully saturated rings. The van der Waals surface area contributed by atoms with Gasteiger partial charge in [0.05, 0.1) is 5.25 Å². The van der Waals surface area contributed by atoms with Crippen LogP contribution in [0.15, 0.2) is 11.2 Å². The zero-order valence-corrected chi connectivity index (χ0v) is 17.1. The molecule has 4 bridgehead atoms. The van der Waals surface area contributed by atoms with E-state index in [4.69, 9.17) is 0 Å². The molecule has 27 heavy (non-hydrogen) atoms. The fourth-order valence-corrected chi connectivity index (χ4v) is 6.78. The van der Waals surface area contributed by atoms with Crippen molar-refractivity contribution in [2.45, 2.75) is 75.2 Å². The van der Waals surface area contributed by atoms with Gasteiger partial charge < -0.3 is 5.32 Å². The first-order valence-corrected chi connectivity index (χ1v) is 11.0. The lowest BCUT2D eigenvalue weighted by atomic mass is 9.53. The summed E-state index contributed by atoms with van der Waals surface area (Å²) < 4.78 is 1.75. The molecule has 0 radical (unpaired) electrons. The van der Waals surface area contributed by atoms with Gasteiger partial charge in [-0.3, -0.25) is 4.79 Å². The second kappa shape index (κ2) is 6.19. The molecule has 1 amide bonds. The van der Waals surface area contributed by atoms with E-state index in [1.165, 1.54) is 50.3 Å². The van der Waals surface area contributed by atoms with Crippen LogP contribution in [0.1, 0.15) is 56.8 Å².